The number of methoxy groups -OCH3 is 1. The van der Waals surface area contributed by atoms with E-state index in [4.69, 9.17) is 20.6 Å². The number of hydrogen-bond acceptors (Lipinski definition) is 7. The Kier molecular flexibility index (Phi) is 7.15. The van der Waals surface area contributed by atoms with Crippen molar-refractivity contribution in [2.45, 2.75) is 12.3 Å². The number of nitrogens with two attached hydrogens (primary N) is 1. The quantitative estimate of drug-likeness (QED) is 0.235. The number of aromatic amines is 1. The number of alkyl halides is 1. The van der Waals surface area contributed by atoms with Crippen LogP contribution in [-0.2, 0) is 6.42 Å². The number of nitrogen functional groups attached to an aromatic ring is 1. The van der Waals surface area contributed by atoms with Crippen LogP contribution in [0.15, 0.2) is 65.7 Å². The van der Waals surface area contributed by atoms with Crippen LogP contribution >= 0.6 is 0 Å². The van der Waals surface area contributed by atoms with Crippen molar-refractivity contribution in [3.63, 3.8) is 0 Å². The van der Waals surface area contributed by atoms with Crippen molar-refractivity contribution in [1.29, 1.82) is 5.41 Å². The second-order valence-electron chi connectivity index (χ2n) is 7.62. The molecule has 35 heavy (non-hydrogen) atoms. The zero-order valence-corrected chi connectivity index (χ0v) is 18.9. The third kappa shape index (κ3) is 5.52. The van der Waals surface area contributed by atoms with Crippen LogP contribution in [0.5, 0.6) is 11.5 Å². The SMILES string of the molecule is COc1cc(OCCF)cc(C(Cc2ccc(C(=N)N)cc2)c2nn(-c3ncccn3)c(=O)[nH]2)c1. The number of hydrogen-bond donors (Lipinski definition) is 3. The van der Waals surface area contributed by atoms with Crippen molar-refractivity contribution in [3.8, 4) is 17.4 Å². The number of nitrogens with zero attached hydrogens (tertiary/aromatic N) is 4. The fourth-order valence-corrected chi connectivity index (χ4v) is 3.61. The number of rotatable bonds is 10. The molecule has 0 saturated heterocycles. The summed E-state index contributed by atoms with van der Waals surface area (Å²) in [7, 11) is 1.52. The molecule has 11 heteroatoms. The molecule has 0 radical (unpaired) electrons. The number of halogens is 1. The highest BCUT2D eigenvalue weighted by molar-refractivity contribution is 5.94. The monoisotopic (exact) mass is 477 g/mol. The van der Waals surface area contributed by atoms with E-state index in [0.717, 1.165) is 15.8 Å². The van der Waals surface area contributed by atoms with Gasteiger partial charge in [0.2, 0.25) is 0 Å². The molecule has 0 amide bonds. The molecule has 180 valence electrons. The molecule has 2 heterocycles. The summed E-state index contributed by atoms with van der Waals surface area (Å²) in [6.07, 6.45) is 3.48. The largest absolute Gasteiger partial charge is 0.497 e. The van der Waals surface area contributed by atoms with Gasteiger partial charge in [0.25, 0.3) is 5.95 Å². The Bertz CT molecular complexity index is 1350. The van der Waals surface area contributed by atoms with Gasteiger partial charge in [0.15, 0.2) is 0 Å². The molecule has 0 aliphatic heterocycles. The van der Waals surface area contributed by atoms with Crippen LogP contribution in [0.2, 0.25) is 0 Å². The zero-order valence-electron chi connectivity index (χ0n) is 18.9. The molecule has 0 saturated carbocycles. The Morgan fingerprint density at radius 2 is 1.89 bits per heavy atom. The summed E-state index contributed by atoms with van der Waals surface area (Å²) in [5, 5.41) is 12.1. The predicted molar refractivity (Wildman–Crippen MR) is 127 cm³/mol. The lowest BCUT2D eigenvalue weighted by Crippen LogP contribution is -2.18. The van der Waals surface area contributed by atoms with Gasteiger partial charge in [-0.1, -0.05) is 24.3 Å². The number of nitrogens with one attached hydrogen (secondary N) is 2. The maximum Gasteiger partial charge on any atom is 0.350 e. The number of aromatic nitrogens is 5. The average molecular weight is 478 g/mol. The lowest BCUT2D eigenvalue weighted by molar-refractivity contribution is 0.271. The zero-order chi connectivity index (χ0) is 24.8. The minimum Gasteiger partial charge on any atom is -0.497 e. The summed E-state index contributed by atoms with van der Waals surface area (Å²) in [4.78, 5) is 23.7. The molecule has 2 aromatic heterocycles. The van der Waals surface area contributed by atoms with Gasteiger partial charge in [0, 0.05) is 29.9 Å². The summed E-state index contributed by atoms with van der Waals surface area (Å²) in [6.45, 7) is -0.728. The van der Waals surface area contributed by atoms with Crippen molar-refractivity contribution in [3.05, 3.63) is 93.9 Å². The number of benzene rings is 2. The van der Waals surface area contributed by atoms with Gasteiger partial charge in [-0.05, 0) is 35.7 Å². The Morgan fingerprint density at radius 3 is 2.54 bits per heavy atom. The van der Waals surface area contributed by atoms with Crippen LogP contribution in [0, 0.1) is 5.41 Å². The molecule has 0 aliphatic rings. The highest BCUT2D eigenvalue weighted by atomic mass is 19.1. The average Bonchev–Trinajstić information content (AvgIpc) is 3.27. The van der Waals surface area contributed by atoms with Gasteiger partial charge < -0.3 is 15.2 Å². The maximum absolute atomic E-state index is 12.7. The van der Waals surface area contributed by atoms with Gasteiger partial charge >= 0.3 is 5.69 Å². The molecule has 10 nitrogen and oxygen atoms in total. The lowest BCUT2D eigenvalue weighted by atomic mass is 9.90. The molecule has 0 fully saturated rings. The second-order valence-corrected chi connectivity index (χ2v) is 7.62. The first kappa shape index (κ1) is 23.6. The number of amidine groups is 1. The van der Waals surface area contributed by atoms with Gasteiger partial charge in [0.1, 0.15) is 36.4 Å². The summed E-state index contributed by atoms with van der Waals surface area (Å²) in [6, 6.07) is 14.1. The van der Waals surface area contributed by atoms with Crippen LogP contribution in [0.1, 0.15) is 28.4 Å². The van der Waals surface area contributed by atoms with E-state index in [1.165, 1.54) is 19.5 Å². The first-order valence-corrected chi connectivity index (χ1v) is 10.8. The Hall–Kier alpha value is -4.54. The van der Waals surface area contributed by atoms with Crippen LogP contribution in [0.3, 0.4) is 0 Å². The van der Waals surface area contributed by atoms with Crippen molar-refractivity contribution in [2.75, 3.05) is 20.4 Å². The van der Waals surface area contributed by atoms with Gasteiger partial charge in [-0.2, -0.15) is 0 Å². The summed E-state index contributed by atoms with van der Waals surface area (Å²) >= 11 is 0. The van der Waals surface area contributed by atoms with Crippen molar-refractivity contribution in [1.82, 2.24) is 24.7 Å². The topological polar surface area (TPSA) is 145 Å². The molecule has 2 aromatic carbocycles. The van der Waals surface area contributed by atoms with Crippen LogP contribution in [-0.4, -0.2) is 51.0 Å². The van der Waals surface area contributed by atoms with Gasteiger partial charge in [-0.3, -0.25) is 10.4 Å². The smallest absolute Gasteiger partial charge is 0.350 e. The normalized spacial score (nSPS) is 11.7. The van der Waals surface area contributed by atoms with Gasteiger partial charge in [0.05, 0.1) is 7.11 Å². The summed E-state index contributed by atoms with van der Waals surface area (Å²) in [5.74, 6) is 1.01. The van der Waals surface area contributed by atoms with E-state index in [2.05, 4.69) is 20.1 Å². The van der Waals surface area contributed by atoms with Crippen molar-refractivity contribution < 1.29 is 13.9 Å². The van der Waals surface area contributed by atoms with E-state index in [9.17, 15) is 9.18 Å². The minimum absolute atomic E-state index is 0.0264. The molecule has 0 spiro atoms. The lowest BCUT2D eigenvalue weighted by Gasteiger charge is -2.18. The van der Waals surface area contributed by atoms with Crippen LogP contribution < -0.4 is 20.9 Å². The second kappa shape index (κ2) is 10.6. The summed E-state index contributed by atoms with van der Waals surface area (Å²) in [5.41, 5.74) is 7.35. The standard InChI is InChI=1S/C24H24FN7O3/c1-34-18-12-17(13-19(14-18)35-10-7-25)20(11-15-3-5-16(6-4-15)21(26)27)22-30-24(33)32(31-22)23-28-8-2-9-29-23/h2-6,8-9,12-14,20H,7,10-11H2,1H3,(H3,26,27)(H,30,31,33). The highest BCUT2D eigenvalue weighted by Gasteiger charge is 2.23. The van der Waals surface area contributed by atoms with Crippen molar-refractivity contribution >= 4 is 5.84 Å². The Labute approximate surface area is 200 Å². The third-order valence-electron chi connectivity index (χ3n) is 5.30. The molecule has 0 bridgehead atoms. The van der Waals surface area contributed by atoms with Crippen LogP contribution in [0.25, 0.3) is 5.95 Å². The first-order chi connectivity index (χ1) is 17.0. The van der Waals surface area contributed by atoms with E-state index in [1.807, 2.05) is 18.2 Å². The Morgan fingerprint density at radius 1 is 1.17 bits per heavy atom. The molecule has 0 aliphatic carbocycles. The molecular weight excluding hydrogens is 453 g/mol. The molecule has 4 N–H and O–H groups in total. The van der Waals surface area contributed by atoms with E-state index in [0.29, 0.717) is 29.3 Å². The van der Waals surface area contributed by atoms with Gasteiger partial charge in [-0.25, -0.2) is 19.2 Å². The van der Waals surface area contributed by atoms with E-state index >= 15 is 0 Å². The fraction of sp³-hybridized carbons (Fsp3) is 0.208. The highest BCUT2D eigenvalue weighted by Crippen LogP contribution is 2.32. The fourth-order valence-electron chi connectivity index (χ4n) is 3.61. The van der Waals surface area contributed by atoms with E-state index < -0.39 is 18.3 Å². The molecule has 4 aromatic rings. The number of ether oxygens (including phenoxy) is 2. The minimum atomic E-state index is -0.632. The van der Waals surface area contributed by atoms with Crippen molar-refractivity contribution in [2.24, 2.45) is 5.73 Å². The molecular formula is C24H24FN7O3. The van der Waals surface area contributed by atoms with Crippen LogP contribution in [0.4, 0.5) is 4.39 Å². The molecule has 1 atom stereocenters. The molecule has 4 rings (SSSR count). The Balaban J connectivity index is 1.79. The maximum atomic E-state index is 12.7. The third-order valence-corrected chi connectivity index (χ3v) is 5.30. The van der Waals surface area contributed by atoms with Gasteiger partial charge in [-0.15, -0.1) is 9.78 Å². The predicted octanol–water partition coefficient (Wildman–Crippen LogP) is 2.37. The van der Waals surface area contributed by atoms with E-state index in [-0.39, 0.29) is 18.4 Å². The van der Waals surface area contributed by atoms with E-state index in [1.54, 1.807) is 30.3 Å². The summed E-state index contributed by atoms with van der Waals surface area (Å²) < 4.78 is 24.8. The number of H-pyrrole nitrogens is 1. The first-order valence-electron chi connectivity index (χ1n) is 10.8. The molecule has 1 unspecified atom stereocenters.